The van der Waals surface area contributed by atoms with Crippen molar-refractivity contribution in [3.05, 3.63) is 56.7 Å². The molecule has 1 heterocycles. The molecule has 6 nitrogen and oxygen atoms in total. The van der Waals surface area contributed by atoms with Gasteiger partial charge in [-0.25, -0.2) is 4.98 Å². The van der Waals surface area contributed by atoms with Gasteiger partial charge < -0.3 is 10.1 Å². The lowest BCUT2D eigenvalue weighted by Gasteiger charge is -2.12. The van der Waals surface area contributed by atoms with E-state index in [1.165, 1.54) is 6.07 Å². The molecule has 0 fully saturated rings. The number of hydrogen-bond donors (Lipinski definition) is 1. The fourth-order valence-electron chi connectivity index (χ4n) is 1.75. The molecule has 0 spiro atoms. The summed E-state index contributed by atoms with van der Waals surface area (Å²) in [5.74, 6) is 0.738. The van der Waals surface area contributed by atoms with Crippen molar-refractivity contribution >= 4 is 21.6 Å². The molecular formula is C14H14BrN3O3. The molecule has 1 aromatic heterocycles. The molecule has 0 bridgehead atoms. The summed E-state index contributed by atoms with van der Waals surface area (Å²) in [6.07, 6.45) is 1.64. The van der Waals surface area contributed by atoms with Gasteiger partial charge in [0.2, 0.25) is 5.88 Å². The molecule has 2 aromatic rings. The topological polar surface area (TPSA) is 77.3 Å². The Balaban J connectivity index is 2.30. The van der Waals surface area contributed by atoms with Crippen LogP contribution in [0.1, 0.15) is 18.5 Å². The van der Waals surface area contributed by atoms with Gasteiger partial charge in [0.25, 0.3) is 5.69 Å². The van der Waals surface area contributed by atoms with Crippen molar-refractivity contribution in [1.82, 2.24) is 10.3 Å². The smallest absolute Gasteiger partial charge is 0.287 e. The first kappa shape index (κ1) is 15.4. The van der Waals surface area contributed by atoms with Crippen molar-refractivity contribution in [3.63, 3.8) is 0 Å². The zero-order chi connectivity index (χ0) is 15.4. The van der Waals surface area contributed by atoms with Crippen molar-refractivity contribution in [2.75, 3.05) is 7.05 Å². The first-order valence-corrected chi connectivity index (χ1v) is 7.06. The Kier molecular flexibility index (Phi) is 4.87. The van der Waals surface area contributed by atoms with Gasteiger partial charge in [0.1, 0.15) is 4.47 Å². The van der Waals surface area contributed by atoms with Gasteiger partial charge in [0, 0.05) is 24.4 Å². The Labute approximate surface area is 130 Å². The van der Waals surface area contributed by atoms with E-state index in [0.29, 0.717) is 16.1 Å². The van der Waals surface area contributed by atoms with Crippen LogP contribution in [0.3, 0.4) is 0 Å². The monoisotopic (exact) mass is 351 g/mol. The Morgan fingerprint density at radius 1 is 1.43 bits per heavy atom. The van der Waals surface area contributed by atoms with Crippen LogP contribution in [0.4, 0.5) is 5.69 Å². The standard InChI is InChI=1S/C14H14BrN3O3/c1-9(16-2)10-6-7-17-13(8-10)21-12-5-3-4-11(14(12)15)18(19)20/h3-9,16H,1-2H3. The first-order valence-electron chi connectivity index (χ1n) is 6.27. The number of benzene rings is 1. The summed E-state index contributed by atoms with van der Waals surface area (Å²) in [6, 6.07) is 8.46. The lowest BCUT2D eigenvalue weighted by molar-refractivity contribution is -0.385. The maximum absolute atomic E-state index is 10.9. The molecule has 0 saturated heterocycles. The molecule has 1 N–H and O–H groups in total. The summed E-state index contributed by atoms with van der Waals surface area (Å²) in [4.78, 5) is 14.6. The number of hydrogen-bond acceptors (Lipinski definition) is 5. The number of nitro groups is 1. The second-order valence-electron chi connectivity index (χ2n) is 4.39. The fraction of sp³-hybridized carbons (Fsp3) is 0.214. The van der Waals surface area contributed by atoms with Gasteiger partial charge in [-0.1, -0.05) is 6.07 Å². The van der Waals surface area contributed by atoms with Crippen LogP contribution in [0.5, 0.6) is 11.6 Å². The third-order valence-corrected chi connectivity index (χ3v) is 3.84. The van der Waals surface area contributed by atoms with Crippen LogP contribution in [-0.4, -0.2) is 17.0 Å². The van der Waals surface area contributed by atoms with Crippen molar-refractivity contribution in [2.24, 2.45) is 0 Å². The second kappa shape index (κ2) is 6.64. The van der Waals surface area contributed by atoms with Gasteiger partial charge in [0.05, 0.1) is 4.92 Å². The van der Waals surface area contributed by atoms with E-state index in [1.807, 2.05) is 20.0 Å². The van der Waals surface area contributed by atoms with Crippen molar-refractivity contribution in [2.45, 2.75) is 13.0 Å². The molecule has 1 unspecified atom stereocenters. The third kappa shape index (κ3) is 3.56. The predicted molar refractivity (Wildman–Crippen MR) is 82.6 cm³/mol. The maximum atomic E-state index is 10.9. The molecule has 110 valence electrons. The Morgan fingerprint density at radius 3 is 2.86 bits per heavy atom. The highest BCUT2D eigenvalue weighted by Gasteiger charge is 2.17. The molecule has 2 rings (SSSR count). The zero-order valence-corrected chi connectivity index (χ0v) is 13.1. The molecule has 0 aliphatic carbocycles. The number of rotatable bonds is 5. The molecule has 1 aromatic carbocycles. The van der Waals surface area contributed by atoms with Crippen LogP contribution in [0.2, 0.25) is 0 Å². The summed E-state index contributed by atoms with van der Waals surface area (Å²) in [5.41, 5.74) is 0.969. The SMILES string of the molecule is CNC(C)c1ccnc(Oc2cccc([N+](=O)[O-])c2Br)c1. The van der Waals surface area contributed by atoms with Crippen LogP contribution >= 0.6 is 15.9 Å². The number of nitrogens with one attached hydrogen (secondary N) is 1. The van der Waals surface area contributed by atoms with E-state index in [4.69, 9.17) is 4.74 Å². The molecule has 0 radical (unpaired) electrons. The minimum atomic E-state index is -0.468. The highest BCUT2D eigenvalue weighted by Crippen LogP contribution is 2.36. The number of nitrogens with zero attached hydrogens (tertiary/aromatic N) is 2. The van der Waals surface area contributed by atoms with Crippen molar-refractivity contribution in [3.8, 4) is 11.6 Å². The van der Waals surface area contributed by atoms with Gasteiger partial charge in [-0.05, 0) is 47.6 Å². The summed E-state index contributed by atoms with van der Waals surface area (Å²) >= 11 is 3.19. The highest BCUT2D eigenvalue weighted by molar-refractivity contribution is 9.10. The van der Waals surface area contributed by atoms with Crippen LogP contribution in [0, 0.1) is 10.1 Å². The first-order chi connectivity index (χ1) is 10.0. The zero-order valence-electron chi connectivity index (χ0n) is 11.5. The van der Waals surface area contributed by atoms with Crippen LogP contribution < -0.4 is 10.1 Å². The van der Waals surface area contributed by atoms with Crippen LogP contribution in [0.15, 0.2) is 41.0 Å². The Hall–Kier alpha value is -1.99. The lowest BCUT2D eigenvalue weighted by Crippen LogP contribution is -2.12. The number of aromatic nitrogens is 1. The molecular weight excluding hydrogens is 338 g/mol. The molecule has 7 heteroatoms. The minimum Gasteiger partial charge on any atom is -0.438 e. The average Bonchev–Trinajstić information content (AvgIpc) is 2.48. The molecule has 21 heavy (non-hydrogen) atoms. The highest BCUT2D eigenvalue weighted by atomic mass is 79.9. The largest absolute Gasteiger partial charge is 0.438 e. The van der Waals surface area contributed by atoms with Gasteiger partial charge in [0.15, 0.2) is 5.75 Å². The minimum absolute atomic E-state index is 0.0488. The van der Waals surface area contributed by atoms with E-state index < -0.39 is 4.92 Å². The summed E-state index contributed by atoms with van der Waals surface area (Å²) in [7, 11) is 1.86. The van der Waals surface area contributed by atoms with Crippen LogP contribution in [0.25, 0.3) is 0 Å². The van der Waals surface area contributed by atoms with Crippen molar-refractivity contribution < 1.29 is 9.66 Å². The molecule has 0 aliphatic rings. The van der Waals surface area contributed by atoms with Gasteiger partial charge >= 0.3 is 0 Å². The lowest BCUT2D eigenvalue weighted by atomic mass is 10.1. The van der Waals surface area contributed by atoms with Gasteiger partial charge in [-0.15, -0.1) is 0 Å². The molecule has 0 aliphatic heterocycles. The van der Waals surface area contributed by atoms with Crippen molar-refractivity contribution in [1.29, 1.82) is 0 Å². The van der Waals surface area contributed by atoms with E-state index in [9.17, 15) is 10.1 Å². The quantitative estimate of drug-likeness (QED) is 0.654. The number of ether oxygens (including phenoxy) is 1. The van der Waals surface area contributed by atoms with E-state index in [2.05, 4.69) is 26.2 Å². The summed E-state index contributed by atoms with van der Waals surface area (Å²) < 4.78 is 5.94. The van der Waals surface area contributed by atoms with Crippen LogP contribution in [-0.2, 0) is 0 Å². The summed E-state index contributed by atoms with van der Waals surface area (Å²) in [5, 5.41) is 14.0. The number of halogens is 1. The van der Waals surface area contributed by atoms with Gasteiger partial charge in [-0.2, -0.15) is 0 Å². The number of nitro benzene ring substituents is 1. The second-order valence-corrected chi connectivity index (χ2v) is 5.18. The average molecular weight is 352 g/mol. The Bertz CT molecular complexity index is 664. The van der Waals surface area contributed by atoms with E-state index in [0.717, 1.165) is 5.56 Å². The number of pyridine rings is 1. The maximum Gasteiger partial charge on any atom is 0.287 e. The normalized spacial score (nSPS) is 12.0. The third-order valence-electron chi connectivity index (χ3n) is 3.05. The molecule has 0 saturated carbocycles. The predicted octanol–water partition coefficient (Wildman–Crippen LogP) is 3.83. The molecule has 0 amide bonds. The molecule has 1 atom stereocenters. The van der Waals surface area contributed by atoms with E-state index in [-0.39, 0.29) is 11.7 Å². The summed E-state index contributed by atoms with van der Waals surface area (Å²) in [6.45, 7) is 2.02. The Morgan fingerprint density at radius 2 is 2.19 bits per heavy atom. The van der Waals surface area contributed by atoms with Gasteiger partial charge in [-0.3, -0.25) is 10.1 Å². The fourth-order valence-corrected chi connectivity index (χ4v) is 2.24. The van der Waals surface area contributed by atoms with E-state index in [1.54, 1.807) is 24.4 Å². The van der Waals surface area contributed by atoms with E-state index >= 15 is 0 Å².